The molecule has 0 unspecified atom stereocenters. The van der Waals surface area contributed by atoms with Gasteiger partial charge in [0.05, 0.1) is 0 Å². The van der Waals surface area contributed by atoms with Crippen LogP contribution in [0.2, 0.25) is 0 Å². The van der Waals surface area contributed by atoms with Gasteiger partial charge < -0.3 is 9.80 Å². The van der Waals surface area contributed by atoms with Crippen LogP contribution in [-0.4, -0.2) is 71.8 Å². The Labute approximate surface area is 122 Å². The Morgan fingerprint density at radius 1 is 1.19 bits per heavy atom. The normalized spacial score (nSPS) is 31.3. The van der Waals surface area contributed by atoms with Crippen molar-refractivity contribution in [3.63, 3.8) is 0 Å². The lowest BCUT2D eigenvalue weighted by Crippen LogP contribution is -2.55. The fourth-order valence-corrected chi connectivity index (χ4v) is 3.57. The van der Waals surface area contributed by atoms with E-state index in [-0.39, 0.29) is 18.4 Å². The van der Waals surface area contributed by atoms with Crippen molar-refractivity contribution < 1.29 is 18.4 Å². The lowest BCUT2D eigenvalue weighted by Gasteiger charge is -2.40. The molecule has 0 aromatic rings. The molecule has 0 aromatic heterocycles. The first-order valence-electron chi connectivity index (χ1n) is 7.44. The number of carbonyl (C=O) groups excluding carboxylic acids is 2. The van der Waals surface area contributed by atoms with Crippen LogP contribution in [0.1, 0.15) is 25.7 Å². The molecule has 0 N–H and O–H groups in total. The third-order valence-corrected chi connectivity index (χ3v) is 5.35. The van der Waals surface area contributed by atoms with Crippen LogP contribution in [0.5, 0.6) is 0 Å². The molecule has 2 aliphatic heterocycles. The molecule has 3 rings (SSSR count). The fraction of sp³-hybridized carbons (Fsp3) is 0.857. The minimum absolute atomic E-state index is 0.0191. The maximum atomic E-state index is 12.9. The molecule has 0 bridgehead atoms. The molecule has 2 heterocycles. The van der Waals surface area contributed by atoms with Crippen molar-refractivity contribution in [2.24, 2.45) is 5.92 Å². The number of urea groups is 1. The summed E-state index contributed by atoms with van der Waals surface area (Å²) in [5.41, 5.74) is -0.716. The molecule has 3 aliphatic rings. The van der Waals surface area contributed by atoms with Crippen molar-refractivity contribution in [3.8, 4) is 0 Å². The van der Waals surface area contributed by atoms with Gasteiger partial charge in [-0.25, -0.2) is 13.6 Å². The van der Waals surface area contributed by atoms with Crippen LogP contribution in [0, 0.1) is 5.92 Å². The number of carbonyl (C=O) groups is 2. The molecular formula is C14H21F2N3O2. The van der Waals surface area contributed by atoms with Crippen LogP contribution >= 0.6 is 0 Å². The Morgan fingerprint density at radius 3 is 2.19 bits per heavy atom. The minimum Gasteiger partial charge on any atom is -0.312 e. The van der Waals surface area contributed by atoms with E-state index < -0.39 is 17.4 Å². The number of imide groups is 1. The average molecular weight is 301 g/mol. The van der Waals surface area contributed by atoms with Crippen LogP contribution in [0.4, 0.5) is 13.6 Å². The van der Waals surface area contributed by atoms with Gasteiger partial charge in [0, 0.05) is 39.5 Å². The maximum absolute atomic E-state index is 12.9. The minimum atomic E-state index is -2.45. The number of rotatable bonds is 3. The predicted octanol–water partition coefficient (Wildman–Crippen LogP) is 1.39. The number of alkyl halides is 2. The third-order valence-electron chi connectivity index (χ3n) is 5.35. The largest absolute Gasteiger partial charge is 0.327 e. The molecule has 2 saturated heterocycles. The second kappa shape index (κ2) is 4.63. The number of piperidine rings is 1. The second-order valence-corrected chi connectivity index (χ2v) is 6.53. The summed E-state index contributed by atoms with van der Waals surface area (Å²) in [5.74, 6) is -3.05. The van der Waals surface area contributed by atoms with Gasteiger partial charge in [-0.2, -0.15) is 0 Å². The zero-order chi connectivity index (χ0) is 15.4. The van der Waals surface area contributed by atoms with Gasteiger partial charge in [-0.05, 0) is 25.8 Å². The summed E-state index contributed by atoms with van der Waals surface area (Å²) in [6.07, 6.45) is 1.70. The number of amides is 3. The first kappa shape index (κ1) is 14.7. The SMILES string of the molecule is CN1C(=O)N(C)C2(CCN(CC[C@@H]3CC3(F)F)CC2)C1=O. The summed E-state index contributed by atoms with van der Waals surface area (Å²) in [6, 6.07) is -0.258. The maximum Gasteiger partial charge on any atom is 0.327 e. The predicted molar refractivity (Wildman–Crippen MR) is 72.0 cm³/mol. The van der Waals surface area contributed by atoms with Gasteiger partial charge in [0.1, 0.15) is 5.54 Å². The standard InChI is InChI=1S/C14H21F2N3O2/c1-17-11(20)13(18(2)12(17)21)4-7-19(8-5-13)6-3-10-9-14(10,15)16/h10H,3-9H2,1-2H3/t10-/m1/s1. The first-order chi connectivity index (χ1) is 9.78. The number of hydrogen-bond donors (Lipinski definition) is 0. The summed E-state index contributed by atoms with van der Waals surface area (Å²) in [4.78, 5) is 29.1. The van der Waals surface area contributed by atoms with Gasteiger partial charge in [0.25, 0.3) is 11.8 Å². The molecule has 1 atom stereocenters. The Morgan fingerprint density at radius 2 is 1.76 bits per heavy atom. The molecule has 3 amide bonds. The molecule has 0 radical (unpaired) electrons. The number of hydrogen-bond acceptors (Lipinski definition) is 3. The van der Waals surface area contributed by atoms with Gasteiger partial charge in [-0.15, -0.1) is 0 Å². The molecule has 3 fully saturated rings. The third kappa shape index (κ3) is 2.22. The lowest BCUT2D eigenvalue weighted by atomic mass is 9.86. The Kier molecular flexibility index (Phi) is 3.24. The van der Waals surface area contributed by atoms with Crippen LogP contribution in [0.15, 0.2) is 0 Å². The smallest absolute Gasteiger partial charge is 0.312 e. The number of nitrogens with zero attached hydrogens (tertiary/aromatic N) is 3. The molecule has 0 aromatic carbocycles. The van der Waals surface area contributed by atoms with E-state index in [1.54, 1.807) is 11.9 Å². The molecule has 1 spiro atoms. The van der Waals surface area contributed by atoms with Crippen molar-refractivity contribution in [1.29, 1.82) is 0 Å². The average Bonchev–Trinajstić information content (AvgIpc) is 3.05. The van der Waals surface area contributed by atoms with Crippen LogP contribution in [-0.2, 0) is 4.79 Å². The molecule has 5 nitrogen and oxygen atoms in total. The molecule has 118 valence electrons. The number of likely N-dealkylation sites (N-methyl/N-ethyl adjacent to an activating group) is 2. The molecule has 1 saturated carbocycles. The Hall–Kier alpha value is -1.24. The van der Waals surface area contributed by atoms with Gasteiger partial charge in [0.15, 0.2) is 0 Å². The first-order valence-corrected chi connectivity index (χ1v) is 7.44. The van der Waals surface area contributed by atoms with E-state index in [1.807, 2.05) is 0 Å². The summed E-state index contributed by atoms with van der Waals surface area (Å²) in [6.45, 7) is 2.00. The van der Waals surface area contributed by atoms with Crippen molar-refractivity contribution >= 4 is 11.9 Å². The molecular weight excluding hydrogens is 280 g/mol. The number of likely N-dealkylation sites (tertiary alicyclic amines) is 1. The van der Waals surface area contributed by atoms with E-state index >= 15 is 0 Å². The van der Waals surface area contributed by atoms with Gasteiger partial charge in [-0.1, -0.05) is 0 Å². The fourth-order valence-electron chi connectivity index (χ4n) is 3.57. The highest BCUT2D eigenvalue weighted by molar-refractivity contribution is 6.06. The van der Waals surface area contributed by atoms with Crippen molar-refractivity contribution in [2.75, 3.05) is 33.7 Å². The highest BCUT2D eigenvalue weighted by Gasteiger charge is 2.57. The topological polar surface area (TPSA) is 43.9 Å². The Bertz CT molecular complexity index is 475. The monoisotopic (exact) mass is 301 g/mol. The molecule has 7 heteroatoms. The van der Waals surface area contributed by atoms with Gasteiger partial charge in [-0.3, -0.25) is 9.69 Å². The summed E-state index contributed by atoms with van der Waals surface area (Å²) in [7, 11) is 3.18. The van der Waals surface area contributed by atoms with E-state index in [4.69, 9.17) is 0 Å². The van der Waals surface area contributed by atoms with Crippen LogP contribution < -0.4 is 0 Å². The summed E-state index contributed by atoms with van der Waals surface area (Å²) in [5, 5.41) is 0. The van der Waals surface area contributed by atoms with Crippen molar-refractivity contribution in [1.82, 2.24) is 14.7 Å². The van der Waals surface area contributed by atoms with E-state index in [0.29, 0.717) is 38.9 Å². The summed E-state index contributed by atoms with van der Waals surface area (Å²) >= 11 is 0. The summed E-state index contributed by atoms with van der Waals surface area (Å²) < 4.78 is 25.7. The zero-order valence-corrected chi connectivity index (χ0v) is 12.4. The van der Waals surface area contributed by atoms with E-state index in [2.05, 4.69) is 4.90 Å². The van der Waals surface area contributed by atoms with Crippen molar-refractivity contribution in [2.45, 2.75) is 37.1 Å². The lowest BCUT2D eigenvalue weighted by molar-refractivity contribution is -0.134. The van der Waals surface area contributed by atoms with Crippen molar-refractivity contribution in [3.05, 3.63) is 0 Å². The number of halogens is 2. The zero-order valence-electron chi connectivity index (χ0n) is 12.4. The second-order valence-electron chi connectivity index (χ2n) is 6.53. The quantitative estimate of drug-likeness (QED) is 0.740. The Balaban J connectivity index is 1.55. The van der Waals surface area contributed by atoms with E-state index in [0.717, 1.165) is 0 Å². The highest BCUT2D eigenvalue weighted by Crippen LogP contribution is 2.50. The van der Waals surface area contributed by atoms with Crippen LogP contribution in [0.25, 0.3) is 0 Å². The van der Waals surface area contributed by atoms with Gasteiger partial charge >= 0.3 is 6.03 Å². The van der Waals surface area contributed by atoms with E-state index in [9.17, 15) is 18.4 Å². The highest BCUT2D eigenvalue weighted by atomic mass is 19.3. The van der Waals surface area contributed by atoms with E-state index in [1.165, 1.54) is 11.9 Å². The molecule has 21 heavy (non-hydrogen) atoms. The van der Waals surface area contributed by atoms with Gasteiger partial charge in [0.2, 0.25) is 0 Å². The van der Waals surface area contributed by atoms with Crippen LogP contribution in [0.3, 0.4) is 0 Å². The molecule has 1 aliphatic carbocycles.